The molecule has 130 valence electrons. The van der Waals surface area contributed by atoms with Crippen LogP contribution in [0.3, 0.4) is 0 Å². The second-order valence-corrected chi connectivity index (χ2v) is 7.32. The zero-order chi connectivity index (χ0) is 17.4. The second-order valence-electron chi connectivity index (χ2n) is 5.53. The lowest BCUT2D eigenvalue weighted by Crippen LogP contribution is -2.00. The number of aryl methyl sites for hydroxylation is 1. The van der Waals surface area contributed by atoms with Crippen molar-refractivity contribution >= 4 is 27.7 Å². The van der Waals surface area contributed by atoms with E-state index in [1.165, 1.54) is 0 Å². The molecule has 1 aliphatic heterocycles. The smallest absolute Gasteiger partial charge is 0.231 e. The van der Waals surface area contributed by atoms with Crippen LogP contribution in [-0.4, -0.2) is 21.6 Å². The molecule has 0 saturated heterocycles. The van der Waals surface area contributed by atoms with E-state index in [1.807, 2.05) is 25.1 Å². The van der Waals surface area contributed by atoms with Crippen LogP contribution in [-0.2, 0) is 12.3 Å². The Labute approximate surface area is 157 Å². The summed E-state index contributed by atoms with van der Waals surface area (Å²) >= 11 is 5.24. The summed E-state index contributed by atoms with van der Waals surface area (Å²) in [6.45, 7) is 5.08. The first kappa shape index (κ1) is 16.5. The molecule has 0 unspecified atom stereocenters. The fourth-order valence-corrected chi connectivity index (χ4v) is 4.35. The number of ether oxygens (including phenoxy) is 2. The first-order valence-electron chi connectivity index (χ1n) is 7.86. The van der Waals surface area contributed by atoms with Gasteiger partial charge in [0, 0.05) is 16.8 Å². The molecule has 2 aromatic heterocycles. The Balaban J connectivity index is 1.58. The molecule has 4 rings (SSSR count). The lowest BCUT2D eigenvalue weighted by molar-refractivity contribution is 0.174. The van der Waals surface area contributed by atoms with Crippen LogP contribution in [0.15, 0.2) is 38.5 Å². The zero-order valence-electron chi connectivity index (χ0n) is 13.8. The van der Waals surface area contributed by atoms with E-state index in [4.69, 9.17) is 13.9 Å². The largest absolute Gasteiger partial charge is 0.469 e. The third-order valence-corrected chi connectivity index (χ3v) is 5.78. The van der Waals surface area contributed by atoms with Crippen molar-refractivity contribution in [3.05, 3.63) is 40.3 Å². The van der Waals surface area contributed by atoms with Gasteiger partial charge in [-0.1, -0.05) is 27.7 Å². The van der Waals surface area contributed by atoms with Gasteiger partial charge in [-0.25, -0.2) is 0 Å². The highest BCUT2D eigenvalue weighted by molar-refractivity contribution is 9.10. The van der Waals surface area contributed by atoms with Gasteiger partial charge in [-0.3, -0.25) is 0 Å². The molecule has 1 aromatic carbocycles. The number of halogens is 1. The molecule has 0 aliphatic carbocycles. The number of furan rings is 1. The number of hydrogen-bond acceptors (Lipinski definition) is 6. The van der Waals surface area contributed by atoms with E-state index in [1.54, 1.807) is 18.0 Å². The van der Waals surface area contributed by atoms with Gasteiger partial charge in [0.05, 0.1) is 11.8 Å². The number of hydrogen-bond donors (Lipinski definition) is 0. The average molecular weight is 422 g/mol. The summed E-state index contributed by atoms with van der Waals surface area (Å²) in [6, 6.07) is 5.88. The summed E-state index contributed by atoms with van der Waals surface area (Å²) in [4.78, 5) is 0. The Morgan fingerprint density at radius 1 is 1.24 bits per heavy atom. The van der Waals surface area contributed by atoms with Crippen molar-refractivity contribution in [2.24, 2.45) is 0 Å². The Bertz CT molecular complexity index is 922. The Hall–Kier alpha value is -1.93. The van der Waals surface area contributed by atoms with Crippen molar-refractivity contribution in [3.63, 3.8) is 0 Å². The van der Waals surface area contributed by atoms with Crippen molar-refractivity contribution in [2.45, 2.75) is 31.3 Å². The van der Waals surface area contributed by atoms with Crippen LogP contribution in [0.5, 0.6) is 11.5 Å². The molecule has 8 heteroatoms. The number of fused-ring (bicyclic) bond motifs is 1. The summed E-state index contributed by atoms with van der Waals surface area (Å²) in [5, 5.41) is 9.60. The fourth-order valence-electron chi connectivity index (χ4n) is 2.71. The quantitative estimate of drug-likeness (QED) is 0.558. The standard InChI is InChI=1S/C17H16BrN3O3S/c1-3-21-16(12-4-5-22-10(12)2)19-20-17(21)25-8-11-6-14-15(7-13(11)18)24-9-23-14/h4-7H,3,8-9H2,1-2H3. The van der Waals surface area contributed by atoms with Gasteiger partial charge in [0.15, 0.2) is 22.5 Å². The molecule has 0 amide bonds. The predicted octanol–water partition coefficient (Wildman–Crippen LogP) is 4.65. The average Bonchev–Trinajstić information content (AvgIpc) is 3.31. The minimum Gasteiger partial charge on any atom is -0.469 e. The molecule has 1 aliphatic rings. The maximum Gasteiger partial charge on any atom is 0.231 e. The van der Waals surface area contributed by atoms with Crippen LogP contribution in [0, 0.1) is 6.92 Å². The molecule has 0 atom stereocenters. The number of nitrogens with zero attached hydrogens (tertiary/aromatic N) is 3. The Kier molecular flexibility index (Phi) is 4.47. The van der Waals surface area contributed by atoms with Crippen LogP contribution in [0.1, 0.15) is 18.2 Å². The van der Waals surface area contributed by atoms with Crippen molar-refractivity contribution in [1.82, 2.24) is 14.8 Å². The van der Waals surface area contributed by atoms with Crippen LogP contribution in [0.2, 0.25) is 0 Å². The molecule has 6 nitrogen and oxygen atoms in total. The molecular weight excluding hydrogens is 406 g/mol. The highest BCUT2D eigenvalue weighted by Crippen LogP contribution is 2.39. The van der Waals surface area contributed by atoms with Gasteiger partial charge in [-0.05, 0) is 37.6 Å². The van der Waals surface area contributed by atoms with Gasteiger partial charge in [-0.2, -0.15) is 0 Å². The molecule has 3 aromatic rings. The van der Waals surface area contributed by atoms with Gasteiger partial charge < -0.3 is 18.5 Å². The third kappa shape index (κ3) is 3.04. The van der Waals surface area contributed by atoms with E-state index >= 15 is 0 Å². The van der Waals surface area contributed by atoms with E-state index < -0.39 is 0 Å². The first-order chi connectivity index (χ1) is 12.2. The zero-order valence-corrected chi connectivity index (χ0v) is 16.2. The molecule has 0 bridgehead atoms. The van der Waals surface area contributed by atoms with Gasteiger partial charge in [0.1, 0.15) is 5.76 Å². The van der Waals surface area contributed by atoms with E-state index in [-0.39, 0.29) is 6.79 Å². The van der Waals surface area contributed by atoms with Crippen LogP contribution in [0.4, 0.5) is 0 Å². The summed E-state index contributed by atoms with van der Waals surface area (Å²) in [7, 11) is 0. The predicted molar refractivity (Wildman–Crippen MR) is 98.0 cm³/mol. The maximum atomic E-state index is 5.46. The van der Waals surface area contributed by atoms with Crippen LogP contribution < -0.4 is 9.47 Å². The number of thioether (sulfide) groups is 1. The topological polar surface area (TPSA) is 62.3 Å². The van der Waals surface area contributed by atoms with Crippen molar-refractivity contribution in [1.29, 1.82) is 0 Å². The highest BCUT2D eigenvalue weighted by atomic mass is 79.9. The van der Waals surface area contributed by atoms with E-state index in [2.05, 4.69) is 37.6 Å². The van der Waals surface area contributed by atoms with E-state index in [9.17, 15) is 0 Å². The summed E-state index contributed by atoms with van der Waals surface area (Å²) < 4.78 is 19.4. The lowest BCUT2D eigenvalue weighted by atomic mass is 10.2. The second kappa shape index (κ2) is 6.76. The molecular formula is C17H16BrN3O3S. The molecule has 0 N–H and O–H groups in total. The van der Waals surface area contributed by atoms with Crippen LogP contribution in [0.25, 0.3) is 11.4 Å². The number of benzene rings is 1. The number of aromatic nitrogens is 3. The fraction of sp³-hybridized carbons (Fsp3) is 0.294. The van der Waals surface area contributed by atoms with Crippen LogP contribution >= 0.6 is 27.7 Å². The Morgan fingerprint density at radius 2 is 2.04 bits per heavy atom. The molecule has 0 spiro atoms. The number of rotatable bonds is 5. The van der Waals surface area contributed by atoms with Crippen molar-refractivity contribution < 1.29 is 13.9 Å². The van der Waals surface area contributed by atoms with Gasteiger partial charge in [0.2, 0.25) is 6.79 Å². The van der Waals surface area contributed by atoms with E-state index in [0.717, 1.165) is 56.1 Å². The van der Waals surface area contributed by atoms with Gasteiger partial charge in [0.25, 0.3) is 0 Å². The maximum absolute atomic E-state index is 5.46. The molecule has 0 fully saturated rings. The van der Waals surface area contributed by atoms with Gasteiger partial charge in [-0.15, -0.1) is 10.2 Å². The Morgan fingerprint density at radius 3 is 2.76 bits per heavy atom. The van der Waals surface area contributed by atoms with Crippen molar-refractivity contribution in [2.75, 3.05) is 6.79 Å². The monoisotopic (exact) mass is 421 g/mol. The molecule has 3 heterocycles. The highest BCUT2D eigenvalue weighted by Gasteiger charge is 2.19. The lowest BCUT2D eigenvalue weighted by Gasteiger charge is -2.08. The SMILES string of the molecule is CCn1c(SCc2cc3c(cc2Br)OCO3)nnc1-c1ccoc1C. The van der Waals surface area contributed by atoms with Crippen molar-refractivity contribution in [3.8, 4) is 22.9 Å². The summed E-state index contributed by atoms with van der Waals surface area (Å²) in [6.07, 6.45) is 1.68. The molecule has 0 radical (unpaired) electrons. The summed E-state index contributed by atoms with van der Waals surface area (Å²) in [5.41, 5.74) is 2.10. The first-order valence-corrected chi connectivity index (χ1v) is 9.63. The third-order valence-electron chi connectivity index (χ3n) is 4.03. The molecule has 0 saturated carbocycles. The minimum absolute atomic E-state index is 0.274. The minimum atomic E-state index is 0.274. The normalized spacial score (nSPS) is 12.8. The molecule has 25 heavy (non-hydrogen) atoms. The van der Waals surface area contributed by atoms with Gasteiger partial charge >= 0.3 is 0 Å². The summed E-state index contributed by atoms with van der Waals surface area (Å²) in [5.74, 6) is 3.98. The van der Waals surface area contributed by atoms with E-state index in [0.29, 0.717) is 0 Å².